The summed E-state index contributed by atoms with van der Waals surface area (Å²) in [6.07, 6.45) is 1.75. The van der Waals surface area contributed by atoms with E-state index in [2.05, 4.69) is 5.32 Å². The van der Waals surface area contributed by atoms with Crippen LogP contribution in [0.15, 0.2) is 60.7 Å². The van der Waals surface area contributed by atoms with E-state index in [1.165, 1.54) is 0 Å². The molecule has 0 saturated carbocycles. The predicted molar refractivity (Wildman–Crippen MR) is 117 cm³/mol. The lowest BCUT2D eigenvalue weighted by molar-refractivity contribution is -0.124. The van der Waals surface area contributed by atoms with Gasteiger partial charge in [0.2, 0.25) is 17.7 Å². The zero-order valence-electron chi connectivity index (χ0n) is 17.0. The highest BCUT2D eigenvalue weighted by atomic mass is 16.2. The molecule has 0 bridgehead atoms. The quantitative estimate of drug-likeness (QED) is 0.700. The van der Waals surface area contributed by atoms with Crippen LogP contribution < -0.4 is 16.0 Å². The Morgan fingerprint density at radius 2 is 1.70 bits per heavy atom. The Morgan fingerprint density at radius 3 is 2.37 bits per heavy atom. The van der Waals surface area contributed by atoms with Crippen molar-refractivity contribution < 1.29 is 14.4 Å². The molecular formula is C23H28N4O3. The highest BCUT2D eigenvalue weighted by Crippen LogP contribution is 2.20. The van der Waals surface area contributed by atoms with Gasteiger partial charge in [0.05, 0.1) is 12.5 Å². The molecule has 30 heavy (non-hydrogen) atoms. The van der Waals surface area contributed by atoms with Gasteiger partial charge in [-0.2, -0.15) is 0 Å². The average Bonchev–Trinajstić information content (AvgIpc) is 2.75. The normalized spacial score (nSPS) is 16.6. The maximum Gasteiger partial charge on any atom is 0.241 e. The second-order valence-electron chi connectivity index (χ2n) is 7.53. The van der Waals surface area contributed by atoms with Gasteiger partial charge in [0.1, 0.15) is 0 Å². The minimum absolute atomic E-state index is 0.0213. The first-order valence-corrected chi connectivity index (χ1v) is 10.2. The fourth-order valence-electron chi connectivity index (χ4n) is 3.68. The largest absolute Gasteiger partial charge is 0.370 e. The number of carbonyl (C=O) groups is 3. The lowest BCUT2D eigenvalue weighted by Crippen LogP contribution is -2.47. The third-order valence-corrected chi connectivity index (χ3v) is 5.23. The van der Waals surface area contributed by atoms with Crippen LogP contribution in [0.25, 0.3) is 0 Å². The molecule has 1 heterocycles. The van der Waals surface area contributed by atoms with Crippen LogP contribution in [0.5, 0.6) is 0 Å². The third-order valence-electron chi connectivity index (χ3n) is 5.23. The number of hydrogen-bond donors (Lipinski definition) is 2. The number of nitrogens with two attached hydrogens (primary N) is 1. The number of rotatable bonds is 8. The summed E-state index contributed by atoms with van der Waals surface area (Å²) < 4.78 is 0. The number of nitrogens with zero attached hydrogens (tertiary/aromatic N) is 2. The summed E-state index contributed by atoms with van der Waals surface area (Å²) in [6.45, 7) is 1.73. The number of primary amides is 1. The second kappa shape index (κ2) is 10.5. The fraction of sp³-hybridized carbons (Fsp3) is 0.348. The van der Waals surface area contributed by atoms with E-state index >= 15 is 0 Å². The Bertz CT molecular complexity index is 857. The van der Waals surface area contributed by atoms with Crippen molar-refractivity contribution in [2.75, 3.05) is 36.4 Å². The highest BCUT2D eigenvalue weighted by molar-refractivity contribution is 5.96. The van der Waals surface area contributed by atoms with Gasteiger partial charge in [-0.3, -0.25) is 19.3 Å². The van der Waals surface area contributed by atoms with Crippen LogP contribution in [-0.4, -0.2) is 48.8 Å². The van der Waals surface area contributed by atoms with Crippen molar-refractivity contribution >= 4 is 29.1 Å². The van der Waals surface area contributed by atoms with Gasteiger partial charge in [-0.15, -0.1) is 0 Å². The third kappa shape index (κ3) is 6.15. The molecular weight excluding hydrogens is 380 g/mol. The van der Waals surface area contributed by atoms with Crippen LogP contribution in [0.4, 0.5) is 11.4 Å². The van der Waals surface area contributed by atoms with Gasteiger partial charge in [-0.05, 0) is 43.7 Å². The number of likely N-dealkylation sites (tertiary alicyclic amines) is 1. The minimum atomic E-state index is -0.445. The van der Waals surface area contributed by atoms with E-state index in [1.807, 2.05) is 65.6 Å². The van der Waals surface area contributed by atoms with E-state index in [9.17, 15) is 14.4 Å². The smallest absolute Gasteiger partial charge is 0.241 e. The molecule has 0 aliphatic carbocycles. The average molecular weight is 409 g/mol. The summed E-state index contributed by atoms with van der Waals surface area (Å²) in [5.74, 6) is -0.736. The molecule has 3 amide bonds. The number of benzene rings is 2. The standard InChI is InChI=1S/C23H28N4O3/c24-21(28)13-15-27(20-11-5-2-6-12-20)22(29)17-26-14-7-8-18(16-26)23(30)25-19-9-3-1-4-10-19/h1-6,9-12,18H,7-8,13-17H2,(H2,24,28)(H,25,30). The molecule has 0 radical (unpaired) electrons. The predicted octanol–water partition coefficient (Wildman–Crippen LogP) is 2.25. The molecule has 158 valence electrons. The monoisotopic (exact) mass is 408 g/mol. The van der Waals surface area contributed by atoms with E-state index in [4.69, 9.17) is 5.73 Å². The number of anilines is 2. The van der Waals surface area contributed by atoms with Crippen LogP contribution in [-0.2, 0) is 14.4 Å². The lowest BCUT2D eigenvalue weighted by Gasteiger charge is -2.33. The molecule has 3 N–H and O–H groups in total. The Hall–Kier alpha value is -3.19. The highest BCUT2D eigenvalue weighted by Gasteiger charge is 2.28. The molecule has 2 aromatic carbocycles. The summed E-state index contributed by atoms with van der Waals surface area (Å²) in [6, 6.07) is 18.6. The van der Waals surface area contributed by atoms with Crippen molar-refractivity contribution in [3.63, 3.8) is 0 Å². The van der Waals surface area contributed by atoms with E-state index in [1.54, 1.807) is 4.90 Å². The molecule has 1 atom stereocenters. The van der Waals surface area contributed by atoms with E-state index < -0.39 is 5.91 Å². The Labute approximate surface area is 176 Å². The van der Waals surface area contributed by atoms with Crippen LogP contribution >= 0.6 is 0 Å². The molecule has 1 fully saturated rings. The molecule has 3 rings (SSSR count). The molecule has 1 saturated heterocycles. The molecule has 0 spiro atoms. The van der Waals surface area contributed by atoms with Crippen molar-refractivity contribution in [2.24, 2.45) is 11.7 Å². The van der Waals surface area contributed by atoms with Gasteiger partial charge in [0.25, 0.3) is 0 Å². The molecule has 1 unspecified atom stereocenters. The van der Waals surface area contributed by atoms with Gasteiger partial charge in [-0.25, -0.2) is 0 Å². The fourth-order valence-corrected chi connectivity index (χ4v) is 3.68. The zero-order chi connectivity index (χ0) is 21.3. The van der Waals surface area contributed by atoms with E-state index in [0.717, 1.165) is 30.8 Å². The van der Waals surface area contributed by atoms with Crippen LogP contribution in [0.3, 0.4) is 0 Å². The number of hydrogen-bond acceptors (Lipinski definition) is 4. The first kappa shape index (κ1) is 21.5. The molecule has 1 aliphatic rings. The van der Waals surface area contributed by atoms with Crippen LogP contribution in [0.1, 0.15) is 19.3 Å². The Morgan fingerprint density at radius 1 is 1.03 bits per heavy atom. The van der Waals surface area contributed by atoms with Crippen molar-refractivity contribution in [3.05, 3.63) is 60.7 Å². The maximum atomic E-state index is 13.0. The second-order valence-corrected chi connectivity index (χ2v) is 7.53. The Balaban J connectivity index is 1.61. The Kier molecular flexibility index (Phi) is 7.57. The number of nitrogens with one attached hydrogen (secondary N) is 1. The first-order valence-electron chi connectivity index (χ1n) is 10.2. The molecule has 0 aromatic heterocycles. The van der Waals surface area contributed by atoms with Gasteiger partial charge in [0, 0.05) is 30.9 Å². The SMILES string of the molecule is NC(=O)CCN(C(=O)CN1CCCC(C(=O)Nc2ccccc2)C1)c1ccccc1. The summed E-state index contributed by atoms with van der Waals surface area (Å²) in [5.41, 5.74) is 6.80. The maximum absolute atomic E-state index is 13.0. The van der Waals surface area contributed by atoms with Crippen LogP contribution in [0.2, 0.25) is 0 Å². The number of para-hydroxylation sites is 2. The summed E-state index contributed by atoms with van der Waals surface area (Å²) >= 11 is 0. The first-order chi connectivity index (χ1) is 14.5. The zero-order valence-corrected chi connectivity index (χ0v) is 17.0. The van der Waals surface area contributed by atoms with Gasteiger partial charge in [-0.1, -0.05) is 36.4 Å². The number of piperidine rings is 1. The molecule has 7 nitrogen and oxygen atoms in total. The molecule has 1 aliphatic heterocycles. The van der Waals surface area contributed by atoms with Gasteiger partial charge < -0.3 is 16.0 Å². The van der Waals surface area contributed by atoms with E-state index in [-0.39, 0.29) is 37.2 Å². The summed E-state index contributed by atoms with van der Waals surface area (Å²) in [5, 5.41) is 2.95. The molecule has 2 aromatic rings. The summed E-state index contributed by atoms with van der Waals surface area (Å²) in [4.78, 5) is 40.5. The van der Waals surface area contributed by atoms with Crippen molar-refractivity contribution in [1.29, 1.82) is 0 Å². The van der Waals surface area contributed by atoms with Crippen molar-refractivity contribution in [1.82, 2.24) is 4.90 Å². The lowest BCUT2D eigenvalue weighted by atomic mass is 9.97. The topological polar surface area (TPSA) is 95.7 Å². The van der Waals surface area contributed by atoms with Crippen molar-refractivity contribution in [2.45, 2.75) is 19.3 Å². The van der Waals surface area contributed by atoms with Crippen LogP contribution in [0, 0.1) is 5.92 Å². The van der Waals surface area contributed by atoms with Gasteiger partial charge in [0.15, 0.2) is 0 Å². The van der Waals surface area contributed by atoms with E-state index in [0.29, 0.717) is 6.54 Å². The number of carbonyl (C=O) groups excluding carboxylic acids is 3. The van der Waals surface area contributed by atoms with Crippen molar-refractivity contribution in [3.8, 4) is 0 Å². The summed E-state index contributed by atoms with van der Waals surface area (Å²) in [7, 11) is 0. The van der Waals surface area contributed by atoms with Gasteiger partial charge >= 0.3 is 0 Å². The minimum Gasteiger partial charge on any atom is -0.370 e. The number of amides is 3. The molecule has 7 heteroatoms.